The number of nitrogens with one attached hydrogen (secondary N) is 1. The molecule has 1 fully saturated rings. The minimum Gasteiger partial charge on any atom is -0.396 e. The lowest BCUT2D eigenvalue weighted by Crippen LogP contribution is -2.37. The van der Waals surface area contributed by atoms with Gasteiger partial charge in [0.1, 0.15) is 0 Å². The summed E-state index contributed by atoms with van der Waals surface area (Å²) in [7, 11) is 0. The van der Waals surface area contributed by atoms with Gasteiger partial charge in [-0.2, -0.15) is 0 Å². The van der Waals surface area contributed by atoms with E-state index < -0.39 is 0 Å². The van der Waals surface area contributed by atoms with Crippen molar-refractivity contribution < 1.29 is 0 Å². The Morgan fingerprint density at radius 3 is 2.40 bits per heavy atom. The van der Waals surface area contributed by atoms with Crippen molar-refractivity contribution in [3.8, 4) is 0 Å². The first-order valence-corrected chi connectivity index (χ1v) is 5.54. The van der Waals surface area contributed by atoms with Crippen LogP contribution in [0.2, 0.25) is 0 Å². The van der Waals surface area contributed by atoms with E-state index >= 15 is 0 Å². The van der Waals surface area contributed by atoms with Crippen LogP contribution < -0.4 is 11.1 Å². The van der Waals surface area contributed by atoms with Crippen molar-refractivity contribution in [2.75, 3.05) is 11.1 Å². The van der Waals surface area contributed by atoms with Crippen molar-refractivity contribution in [3.63, 3.8) is 0 Å². The summed E-state index contributed by atoms with van der Waals surface area (Å²) >= 11 is 0. The minimum atomic E-state index is 0.161. The van der Waals surface area contributed by atoms with Crippen molar-refractivity contribution in [1.29, 1.82) is 0 Å². The van der Waals surface area contributed by atoms with Gasteiger partial charge in [-0.05, 0) is 19.8 Å². The third-order valence-corrected chi connectivity index (χ3v) is 3.04. The highest BCUT2D eigenvalue weighted by Gasteiger charge is 2.26. The van der Waals surface area contributed by atoms with E-state index in [0.29, 0.717) is 11.6 Å². The Bertz CT molecular complexity index is 314. The van der Waals surface area contributed by atoms with Gasteiger partial charge in [-0.3, -0.25) is 0 Å². The fourth-order valence-corrected chi connectivity index (χ4v) is 2.13. The zero-order valence-corrected chi connectivity index (χ0v) is 9.16. The minimum absolute atomic E-state index is 0.161. The number of aromatic nitrogens is 2. The second-order valence-corrected chi connectivity index (χ2v) is 4.59. The number of nitrogen functional groups attached to an aromatic ring is 1. The molecule has 0 aliphatic heterocycles. The molecule has 0 atom stereocenters. The summed E-state index contributed by atoms with van der Waals surface area (Å²) in [5.41, 5.74) is 6.31. The number of nitrogens with two attached hydrogens (primary N) is 1. The molecule has 15 heavy (non-hydrogen) atoms. The fourth-order valence-electron chi connectivity index (χ4n) is 2.13. The molecule has 1 heterocycles. The molecule has 0 amide bonds. The second-order valence-electron chi connectivity index (χ2n) is 4.59. The number of rotatable bonds is 2. The van der Waals surface area contributed by atoms with Crippen LogP contribution in [0.4, 0.5) is 11.6 Å². The highest BCUT2D eigenvalue weighted by molar-refractivity contribution is 5.37. The summed E-state index contributed by atoms with van der Waals surface area (Å²) in [6, 6.07) is 0. The molecule has 0 spiro atoms. The van der Waals surface area contributed by atoms with Crippen LogP contribution in [0.25, 0.3) is 0 Å². The van der Waals surface area contributed by atoms with Crippen molar-refractivity contribution in [2.24, 2.45) is 0 Å². The van der Waals surface area contributed by atoms with E-state index in [-0.39, 0.29) is 5.54 Å². The van der Waals surface area contributed by atoms with Gasteiger partial charge >= 0.3 is 0 Å². The SMILES string of the molecule is CC1(Nc2ncc(N)cn2)CCCCC1. The average Bonchev–Trinajstić information content (AvgIpc) is 2.22. The van der Waals surface area contributed by atoms with Crippen molar-refractivity contribution >= 4 is 11.6 Å². The molecule has 82 valence electrons. The molecule has 4 heteroatoms. The Labute approximate surface area is 90.3 Å². The zero-order chi connectivity index (χ0) is 10.7. The monoisotopic (exact) mass is 206 g/mol. The Morgan fingerprint density at radius 1 is 1.20 bits per heavy atom. The number of anilines is 2. The van der Waals surface area contributed by atoms with Crippen LogP contribution in [0.1, 0.15) is 39.0 Å². The highest BCUT2D eigenvalue weighted by atomic mass is 15.1. The first-order valence-electron chi connectivity index (χ1n) is 5.54. The summed E-state index contributed by atoms with van der Waals surface area (Å²) in [6.45, 7) is 2.24. The number of hydrogen-bond donors (Lipinski definition) is 2. The van der Waals surface area contributed by atoms with Gasteiger partial charge in [-0.15, -0.1) is 0 Å². The van der Waals surface area contributed by atoms with Gasteiger partial charge in [0.05, 0.1) is 18.1 Å². The van der Waals surface area contributed by atoms with Gasteiger partial charge in [0.2, 0.25) is 5.95 Å². The molecule has 0 aromatic carbocycles. The summed E-state index contributed by atoms with van der Waals surface area (Å²) in [4.78, 5) is 8.34. The number of hydrogen-bond acceptors (Lipinski definition) is 4. The third kappa shape index (κ3) is 2.58. The molecule has 1 aromatic rings. The van der Waals surface area contributed by atoms with Crippen molar-refractivity contribution in [2.45, 2.75) is 44.6 Å². The predicted molar refractivity (Wildman–Crippen MR) is 61.6 cm³/mol. The molecule has 0 radical (unpaired) electrons. The van der Waals surface area contributed by atoms with Crippen LogP contribution >= 0.6 is 0 Å². The van der Waals surface area contributed by atoms with E-state index in [2.05, 4.69) is 22.2 Å². The molecule has 0 unspecified atom stereocenters. The molecule has 1 aromatic heterocycles. The molecule has 0 saturated heterocycles. The van der Waals surface area contributed by atoms with Crippen LogP contribution in [0.5, 0.6) is 0 Å². The molecule has 0 bridgehead atoms. The molecule has 3 N–H and O–H groups in total. The van der Waals surface area contributed by atoms with E-state index in [1.54, 1.807) is 12.4 Å². The molecule has 1 aliphatic carbocycles. The molecular formula is C11H18N4. The maximum atomic E-state index is 5.54. The molecule has 1 aliphatic rings. The lowest BCUT2D eigenvalue weighted by atomic mass is 9.83. The van der Waals surface area contributed by atoms with Gasteiger partial charge in [-0.25, -0.2) is 9.97 Å². The highest BCUT2D eigenvalue weighted by Crippen LogP contribution is 2.30. The summed E-state index contributed by atoms with van der Waals surface area (Å²) in [6.07, 6.45) is 9.60. The van der Waals surface area contributed by atoms with E-state index in [1.807, 2.05) is 0 Å². The summed E-state index contributed by atoms with van der Waals surface area (Å²) in [5.74, 6) is 0.689. The van der Waals surface area contributed by atoms with Crippen molar-refractivity contribution in [3.05, 3.63) is 12.4 Å². The Hall–Kier alpha value is -1.32. The largest absolute Gasteiger partial charge is 0.396 e. The van der Waals surface area contributed by atoms with Crippen LogP contribution in [-0.4, -0.2) is 15.5 Å². The average molecular weight is 206 g/mol. The standard InChI is InChI=1S/C11H18N4/c1-11(5-3-2-4-6-11)15-10-13-7-9(12)8-14-10/h7-8H,2-6,12H2,1H3,(H,13,14,15). The Balaban J connectivity index is 2.03. The normalized spacial score (nSPS) is 19.8. The smallest absolute Gasteiger partial charge is 0.223 e. The molecule has 4 nitrogen and oxygen atoms in total. The van der Waals surface area contributed by atoms with Crippen LogP contribution in [-0.2, 0) is 0 Å². The first-order chi connectivity index (χ1) is 7.18. The zero-order valence-electron chi connectivity index (χ0n) is 9.16. The first kappa shape index (κ1) is 10.2. The maximum Gasteiger partial charge on any atom is 0.223 e. The summed E-state index contributed by atoms with van der Waals surface area (Å²) in [5, 5.41) is 3.41. The second kappa shape index (κ2) is 4.04. The van der Waals surface area contributed by atoms with Crippen LogP contribution in [0, 0.1) is 0 Å². The van der Waals surface area contributed by atoms with Gasteiger partial charge in [-0.1, -0.05) is 19.3 Å². The Morgan fingerprint density at radius 2 is 1.80 bits per heavy atom. The molecular weight excluding hydrogens is 188 g/mol. The van der Waals surface area contributed by atoms with Gasteiger partial charge in [0.25, 0.3) is 0 Å². The number of nitrogens with zero attached hydrogens (tertiary/aromatic N) is 2. The van der Waals surface area contributed by atoms with E-state index in [4.69, 9.17) is 5.73 Å². The molecule has 2 rings (SSSR count). The topological polar surface area (TPSA) is 63.8 Å². The fraction of sp³-hybridized carbons (Fsp3) is 0.636. The van der Waals surface area contributed by atoms with Crippen LogP contribution in [0.3, 0.4) is 0 Å². The van der Waals surface area contributed by atoms with Gasteiger partial charge in [0, 0.05) is 5.54 Å². The lowest BCUT2D eigenvalue weighted by Gasteiger charge is -2.34. The van der Waals surface area contributed by atoms with Crippen molar-refractivity contribution in [1.82, 2.24) is 9.97 Å². The lowest BCUT2D eigenvalue weighted by molar-refractivity contribution is 0.347. The van der Waals surface area contributed by atoms with E-state index in [0.717, 1.165) is 0 Å². The van der Waals surface area contributed by atoms with E-state index in [9.17, 15) is 0 Å². The van der Waals surface area contributed by atoms with Gasteiger partial charge in [0.15, 0.2) is 0 Å². The maximum absolute atomic E-state index is 5.54. The predicted octanol–water partition coefficient (Wildman–Crippen LogP) is 2.19. The van der Waals surface area contributed by atoms with Crippen LogP contribution in [0.15, 0.2) is 12.4 Å². The van der Waals surface area contributed by atoms with E-state index in [1.165, 1.54) is 32.1 Å². The van der Waals surface area contributed by atoms with Gasteiger partial charge < -0.3 is 11.1 Å². The Kier molecular flexibility index (Phi) is 2.75. The molecule has 1 saturated carbocycles. The summed E-state index contributed by atoms with van der Waals surface area (Å²) < 4.78 is 0. The third-order valence-electron chi connectivity index (χ3n) is 3.04. The quantitative estimate of drug-likeness (QED) is 0.778.